The molecule has 2 atom stereocenters. The number of carbonyl (C=O) groups is 1. The second kappa shape index (κ2) is 7.32. The van der Waals surface area contributed by atoms with Gasteiger partial charge in [-0.05, 0) is 30.5 Å². The van der Waals surface area contributed by atoms with Crippen LogP contribution in [0.25, 0.3) is 4.91 Å². The van der Waals surface area contributed by atoms with Crippen LogP contribution in [-0.2, 0) is 0 Å². The number of rotatable bonds is 4. The van der Waals surface area contributed by atoms with Gasteiger partial charge in [-0.3, -0.25) is 4.79 Å². The Morgan fingerprint density at radius 3 is 2.81 bits per heavy atom. The molecule has 0 spiro atoms. The van der Waals surface area contributed by atoms with Crippen molar-refractivity contribution < 1.29 is 9.32 Å². The van der Waals surface area contributed by atoms with Crippen LogP contribution in [0.5, 0.6) is 0 Å². The molecule has 0 aromatic carbocycles. The molecule has 1 N–H and O–H groups in total. The maximum absolute atomic E-state index is 12.4. The largest absolute Gasteiger partial charge is 0.356 e. The van der Waals surface area contributed by atoms with Gasteiger partial charge < -0.3 is 9.84 Å². The number of nitrogens with one attached hydrogen (secondary N) is 1. The van der Waals surface area contributed by atoms with Crippen molar-refractivity contribution in [3.05, 3.63) is 71.5 Å². The fraction of sp³-hybridized carbons (Fsp3) is 0.211. The lowest BCUT2D eigenvalue weighted by Crippen LogP contribution is -2.15. The average Bonchev–Trinajstić information content (AvgIpc) is 3.32. The van der Waals surface area contributed by atoms with Crippen LogP contribution in [0.2, 0.25) is 0 Å². The number of carbonyl (C=O) groups excluding carboxylic acids is 1. The molecule has 2 unspecified atom stereocenters. The van der Waals surface area contributed by atoms with Crippen molar-refractivity contribution in [1.29, 1.82) is 0 Å². The molecular formula is C19H17N5O2S. The first-order valence-corrected chi connectivity index (χ1v) is 9.35. The predicted octanol–water partition coefficient (Wildman–Crippen LogP) is 3.89. The third kappa shape index (κ3) is 3.61. The zero-order valence-corrected chi connectivity index (χ0v) is 15.6. The quantitative estimate of drug-likeness (QED) is 0.735. The summed E-state index contributed by atoms with van der Waals surface area (Å²) in [6.45, 7) is 3.91. The second-order valence-electron chi connectivity index (χ2n) is 6.27. The fourth-order valence-electron chi connectivity index (χ4n) is 2.94. The number of anilines is 1. The van der Waals surface area contributed by atoms with E-state index >= 15 is 0 Å². The monoisotopic (exact) mass is 379 g/mol. The van der Waals surface area contributed by atoms with E-state index in [1.807, 2.05) is 18.2 Å². The van der Waals surface area contributed by atoms with Gasteiger partial charge in [0.15, 0.2) is 5.76 Å². The molecule has 27 heavy (non-hydrogen) atoms. The van der Waals surface area contributed by atoms with Gasteiger partial charge in [-0.15, -0.1) is 11.8 Å². The van der Waals surface area contributed by atoms with Gasteiger partial charge in [0, 0.05) is 22.4 Å². The minimum Gasteiger partial charge on any atom is -0.356 e. The summed E-state index contributed by atoms with van der Waals surface area (Å²) in [5.41, 5.74) is 2.16. The number of pyridine rings is 1. The highest BCUT2D eigenvalue weighted by Gasteiger charge is 2.29. The van der Waals surface area contributed by atoms with Gasteiger partial charge >= 0.3 is 0 Å². The van der Waals surface area contributed by atoms with E-state index in [1.54, 1.807) is 37.1 Å². The van der Waals surface area contributed by atoms with E-state index in [9.17, 15) is 4.79 Å². The summed E-state index contributed by atoms with van der Waals surface area (Å²) in [6.07, 6.45) is 7.13. The maximum Gasteiger partial charge on any atom is 0.258 e. The highest BCUT2D eigenvalue weighted by atomic mass is 32.2. The van der Waals surface area contributed by atoms with Gasteiger partial charge in [0.2, 0.25) is 0 Å². The van der Waals surface area contributed by atoms with E-state index in [2.05, 4.69) is 38.7 Å². The Morgan fingerprint density at radius 2 is 2.11 bits per heavy atom. The lowest BCUT2D eigenvalue weighted by atomic mass is 10.0. The van der Waals surface area contributed by atoms with Crippen LogP contribution < -0.4 is 5.32 Å². The smallest absolute Gasteiger partial charge is 0.258 e. The number of hydrogen-bond acceptors (Lipinski definition) is 7. The van der Waals surface area contributed by atoms with Crippen LogP contribution in [-0.4, -0.2) is 26.2 Å². The van der Waals surface area contributed by atoms with E-state index in [0.29, 0.717) is 23.0 Å². The molecule has 8 heteroatoms. The molecule has 4 rings (SSSR count). The molecule has 0 fully saturated rings. The lowest BCUT2D eigenvalue weighted by Gasteiger charge is -2.15. The van der Waals surface area contributed by atoms with Crippen molar-refractivity contribution >= 4 is 28.4 Å². The van der Waals surface area contributed by atoms with Gasteiger partial charge in [-0.2, -0.15) is 10.2 Å². The Bertz CT molecular complexity index is 986. The molecule has 0 radical (unpaired) electrons. The summed E-state index contributed by atoms with van der Waals surface area (Å²) in [7, 11) is 0. The van der Waals surface area contributed by atoms with E-state index in [-0.39, 0.29) is 11.2 Å². The van der Waals surface area contributed by atoms with Crippen LogP contribution in [0, 0.1) is 12.8 Å². The summed E-state index contributed by atoms with van der Waals surface area (Å²) in [6, 6.07) is 7.31. The number of nitrogens with zero attached hydrogens (tertiary/aromatic N) is 4. The third-order valence-corrected chi connectivity index (χ3v) is 5.88. The third-order valence-electron chi connectivity index (χ3n) is 4.33. The molecule has 0 saturated carbocycles. The van der Waals surface area contributed by atoms with Crippen molar-refractivity contribution in [2.45, 2.75) is 19.1 Å². The summed E-state index contributed by atoms with van der Waals surface area (Å²) < 4.78 is 5.25. The minimum absolute atomic E-state index is 0.244. The number of thioether (sulfide) groups is 1. The molecular weight excluding hydrogens is 362 g/mol. The first-order chi connectivity index (χ1) is 13.1. The minimum atomic E-state index is -0.250. The van der Waals surface area contributed by atoms with Crippen molar-refractivity contribution in [3.8, 4) is 0 Å². The molecule has 1 amide bonds. The normalized spacial score (nSPS) is 19.0. The number of amides is 1. The number of aryl methyl sites for hydroxylation is 1. The van der Waals surface area contributed by atoms with Gasteiger partial charge in [-0.1, -0.05) is 24.2 Å². The van der Waals surface area contributed by atoms with Crippen LogP contribution in [0.4, 0.5) is 5.82 Å². The van der Waals surface area contributed by atoms with E-state index < -0.39 is 0 Å². The maximum atomic E-state index is 12.4. The second-order valence-corrected chi connectivity index (χ2v) is 7.45. The summed E-state index contributed by atoms with van der Waals surface area (Å²) in [5, 5.41) is 14.5. The summed E-state index contributed by atoms with van der Waals surface area (Å²) >= 11 is 1.73. The zero-order chi connectivity index (χ0) is 18.8. The molecule has 3 aromatic rings. The predicted molar refractivity (Wildman–Crippen MR) is 103 cm³/mol. The zero-order valence-electron chi connectivity index (χ0n) is 14.8. The Labute approximate surface area is 160 Å². The Morgan fingerprint density at radius 1 is 1.22 bits per heavy atom. The molecule has 4 heterocycles. The first-order valence-electron chi connectivity index (χ1n) is 8.47. The Balaban J connectivity index is 1.45. The molecule has 0 saturated heterocycles. The Kier molecular flexibility index (Phi) is 4.72. The van der Waals surface area contributed by atoms with Gasteiger partial charge in [0.05, 0.1) is 23.7 Å². The molecule has 1 aliphatic heterocycles. The van der Waals surface area contributed by atoms with E-state index in [1.165, 1.54) is 6.20 Å². The molecule has 1 aliphatic rings. The van der Waals surface area contributed by atoms with Crippen molar-refractivity contribution in [1.82, 2.24) is 20.3 Å². The molecule has 3 aromatic heterocycles. The number of allylic oxidation sites excluding steroid dienone is 1. The molecule has 0 bridgehead atoms. The first kappa shape index (κ1) is 17.4. The summed E-state index contributed by atoms with van der Waals surface area (Å²) in [4.78, 5) is 17.8. The van der Waals surface area contributed by atoms with Crippen molar-refractivity contribution in [2.24, 2.45) is 5.92 Å². The van der Waals surface area contributed by atoms with Gasteiger partial charge in [-0.25, -0.2) is 4.98 Å². The lowest BCUT2D eigenvalue weighted by molar-refractivity contribution is 0.102. The summed E-state index contributed by atoms with van der Waals surface area (Å²) in [5.74, 6) is 1.37. The van der Waals surface area contributed by atoms with Crippen molar-refractivity contribution in [2.75, 3.05) is 5.32 Å². The Hall–Kier alpha value is -3.00. The van der Waals surface area contributed by atoms with E-state index in [0.717, 1.165) is 16.2 Å². The van der Waals surface area contributed by atoms with Gasteiger partial charge in [0.1, 0.15) is 5.82 Å². The standard InChI is InChI=1S/C19H17N5O2S/c1-11-9-16(15-6-8-22-26-15)27-18(11)13-3-4-17(20-10-13)23-19(25)14-5-7-21-24-12(14)2/h3-11,18H,1-2H3,(H,20,23,25). The van der Waals surface area contributed by atoms with Crippen LogP contribution in [0.15, 0.2) is 53.5 Å². The van der Waals surface area contributed by atoms with E-state index in [4.69, 9.17) is 4.52 Å². The molecule has 136 valence electrons. The average molecular weight is 379 g/mol. The number of aromatic nitrogens is 4. The van der Waals surface area contributed by atoms with Gasteiger partial charge in [0.25, 0.3) is 5.91 Å². The fourth-order valence-corrected chi connectivity index (χ4v) is 4.29. The highest BCUT2D eigenvalue weighted by Crippen LogP contribution is 2.51. The number of hydrogen-bond donors (Lipinski definition) is 1. The van der Waals surface area contributed by atoms with Crippen LogP contribution in [0.3, 0.4) is 0 Å². The SMILES string of the molecule is Cc1nnccc1C(=O)Nc1ccc(C2SC(c3ccno3)=CC2C)cn1. The van der Waals surface area contributed by atoms with Crippen LogP contribution in [0.1, 0.15) is 39.5 Å². The highest BCUT2D eigenvalue weighted by molar-refractivity contribution is 8.08. The van der Waals surface area contributed by atoms with Crippen molar-refractivity contribution in [3.63, 3.8) is 0 Å². The topological polar surface area (TPSA) is 93.8 Å². The molecule has 0 aliphatic carbocycles. The molecule has 7 nitrogen and oxygen atoms in total. The van der Waals surface area contributed by atoms with Crippen LogP contribution >= 0.6 is 11.8 Å².